The Bertz CT molecular complexity index is 1060. The predicted molar refractivity (Wildman–Crippen MR) is 105 cm³/mol. The van der Waals surface area contributed by atoms with Crippen LogP contribution in [0.15, 0.2) is 35.7 Å². The van der Waals surface area contributed by atoms with E-state index in [1.807, 2.05) is 0 Å². The molecule has 0 saturated carbocycles. The molecule has 26 heavy (non-hydrogen) atoms. The average Bonchev–Trinajstić information content (AvgIpc) is 3.38. The molecule has 2 aromatic heterocycles. The molecule has 2 saturated heterocycles. The van der Waals surface area contributed by atoms with E-state index in [4.69, 9.17) is 0 Å². The van der Waals surface area contributed by atoms with Crippen molar-refractivity contribution in [3.8, 4) is 0 Å². The third-order valence-corrected chi connectivity index (χ3v) is 6.27. The number of allylic oxidation sites excluding steroid dienone is 2. The maximum absolute atomic E-state index is 3.88. The lowest BCUT2D eigenvalue weighted by atomic mass is 10.0. The Morgan fingerprint density at radius 3 is 2.69 bits per heavy atom. The zero-order valence-corrected chi connectivity index (χ0v) is 14.9. The highest BCUT2D eigenvalue weighted by Gasteiger charge is 2.29. The van der Waals surface area contributed by atoms with Crippen molar-refractivity contribution in [3.63, 3.8) is 0 Å². The SMILES string of the molecule is C1=C2/CC/C(=C/C3CCC(N3)C3=c4[nH]/c(cc4CC3)=C\c3ccc/1[nH]3)N2. The van der Waals surface area contributed by atoms with E-state index in [2.05, 4.69) is 57.0 Å². The standard InChI is InChI=1S/C22H24N4/c1-7-20-21-8-6-18(25-21)11-16-3-2-14(23-16)10-15-4-5-17(24-15)12-19-9-13(1)22(20)26-19/h4-5,9-12,18,21,23-26H,1-3,6-8H2/b14-10-,16-11-,19-12-. The number of hydrogen-bond donors (Lipinski definition) is 4. The Labute approximate surface area is 152 Å². The number of nitrogens with one attached hydrogen (secondary N) is 4. The number of rotatable bonds is 0. The number of aryl methyl sites for hydroxylation is 1. The van der Waals surface area contributed by atoms with E-state index < -0.39 is 0 Å². The predicted octanol–water partition coefficient (Wildman–Crippen LogP) is 2.01. The minimum atomic E-state index is 0.490. The van der Waals surface area contributed by atoms with Crippen LogP contribution in [-0.4, -0.2) is 22.1 Å². The fraction of sp³-hybridized carbons (Fsp3) is 0.364. The quantitative estimate of drug-likeness (QED) is 0.591. The van der Waals surface area contributed by atoms with Crippen molar-refractivity contribution in [3.05, 3.63) is 63.3 Å². The van der Waals surface area contributed by atoms with E-state index in [1.165, 1.54) is 53.3 Å². The smallest absolute Gasteiger partial charge is 0.0425 e. The van der Waals surface area contributed by atoms with Gasteiger partial charge in [-0.3, -0.25) is 0 Å². The number of fused-ring (bicyclic) bond motifs is 8. The van der Waals surface area contributed by atoms with Crippen molar-refractivity contribution < 1.29 is 0 Å². The van der Waals surface area contributed by atoms with Crippen molar-refractivity contribution in [2.75, 3.05) is 0 Å². The van der Waals surface area contributed by atoms with E-state index in [0.29, 0.717) is 12.1 Å². The molecule has 1 aliphatic carbocycles. The molecule has 0 radical (unpaired) electrons. The molecule has 6 rings (SSSR count). The minimum Gasteiger partial charge on any atom is -0.362 e. The first-order valence-electron chi connectivity index (χ1n) is 9.86. The maximum atomic E-state index is 3.88. The van der Waals surface area contributed by atoms with Gasteiger partial charge < -0.3 is 20.6 Å². The normalized spacial score (nSPS) is 31.7. The van der Waals surface area contributed by atoms with Crippen LogP contribution in [0, 0.1) is 0 Å². The topological polar surface area (TPSA) is 55.6 Å². The van der Waals surface area contributed by atoms with Crippen LogP contribution in [0.25, 0.3) is 17.7 Å². The van der Waals surface area contributed by atoms with E-state index in [9.17, 15) is 0 Å². The van der Waals surface area contributed by atoms with Gasteiger partial charge in [0.25, 0.3) is 0 Å². The lowest BCUT2D eigenvalue weighted by Gasteiger charge is -2.14. The Balaban J connectivity index is 1.52. The molecule has 2 unspecified atom stereocenters. The fourth-order valence-corrected chi connectivity index (χ4v) is 5.03. The third kappa shape index (κ3) is 2.40. The largest absolute Gasteiger partial charge is 0.362 e. The highest BCUT2D eigenvalue weighted by atomic mass is 15.0. The van der Waals surface area contributed by atoms with Crippen LogP contribution in [0.4, 0.5) is 0 Å². The molecule has 2 atom stereocenters. The fourth-order valence-electron chi connectivity index (χ4n) is 5.03. The van der Waals surface area contributed by atoms with Gasteiger partial charge in [-0.05, 0) is 86.1 Å². The van der Waals surface area contributed by atoms with E-state index in [-0.39, 0.29) is 0 Å². The van der Waals surface area contributed by atoms with Crippen LogP contribution >= 0.6 is 0 Å². The van der Waals surface area contributed by atoms with E-state index >= 15 is 0 Å². The van der Waals surface area contributed by atoms with Gasteiger partial charge in [-0.25, -0.2) is 0 Å². The van der Waals surface area contributed by atoms with Crippen LogP contribution in [0.5, 0.6) is 0 Å². The van der Waals surface area contributed by atoms with E-state index in [1.54, 1.807) is 5.57 Å². The van der Waals surface area contributed by atoms with Crippen LogP contribution in [0.2, 0.25) is 0 Å². The third-order valence-electron chi connectivity index (χ3n) is 6.27. The minimum absolute atomic E-state index is 0.490. The van der Waals surface area contributed by atoms with Crippen molar-refractivity contribution in [2.45, 2.75) is 50.6 Å². The molecule has 0 spiro atoms. The first-order valence-corrected chi connectivity index (χ1v) is 9.86. The summed E-state index contributed by atoms with van der Waals surface area (Å²) in [5, 5.41) is 10.1. The van der Waals surface area contributed by atoms with Gasteiger partial charge in [0, 0.05) is 45.6 Å². The molecule has 0 aromatic carbocycles. The summed E-state index contributed by atoms with van der Waals surface area (Å²) < 4.78 is 0. The van der Waals surface area contributed by atoms with Crippen molar-refractivity contribution in [1.29, 1.82) is 0 Å². The number of aromatic amines is 2. The van der Waals surface area contributed by atoms with Crippen molar-refractivity contribution >= 4 is 17.7 Å². The second-order valence-corrected chi connectivity index (χ2v) is 8.05. The van der Waals surface area contributed by atoms with Gasteiger partial charge in [0.2, 0.25) is 0 Å². The van der Waals surface area contributed by atoms with Gasteiger partial charge in [-0.1, -0.05) is 0 Å². The Hall–Kier alpha value is -2.46. The van der Waals surface area contributed by atoms with E-state index in [0.717, 1.165) is 24.2 Å². The summed E-state index contributed by atoms with van der Waals surface area (Å²) >= 11 is 0. The lowest BCUT2D eigenvalue weighted by molar-refractivity contribution is 0.663. The lowest BCUT2D eigenvalue weighted by Crippen LogP contribution is -2.32. The van der Waals surface area contributed by atoms with Gasteiger partial charge in [-0.15, -0.1) is 0 Å². The van der Waals surface area contributed by atoms with Gasteiger partial charge in [0.1, 0.15) is 0 Å². The summed E-state index contributed by atoms with van der Waals surface area (Å²) in [5.41, 5.74) is 8.06. The number of aromatic nitrogens is 2. The van der Waals surface area contributed by atoms with Crippen LogP contribution in [0.1, 0.15) is 49.1 Å². The first kappa shape index (κ1) is 14.7. The summed E-state index contributed by atoms with van der Waals surface area (Å²) in [6.45, 7) is 0. The highest BCUT2D eigenvalue weighted by Crippen LogP contribution is 2.28. The molecule has 3 aliphatic heterocycles. The summed E-state index contributed by atoms with van der Waals surface area (Å²) in [6.07, 6.45) is 13.9. The summed E-state index contributed by atoms with van der Waals surface area (Å²) in [4.78, 5) is 7.22. The molecule has 4 aliphatic rings. The first-order chi connectivity index (χ1) is 12.8. The molecule has 0 amide bonds. The zero-order valence-electron chi connectivity index (χ0n) is 14.9. The molecule has 4 heteroatoms. The molecule has 4 N–H and O–H groups in total. The summed E-state index contributed by atoms with van der Waals surface area (Å²) in [5.74, 6) is 0. The molecular formula is C22H24N4. The average molecular weight is 344 g/mol. The zero-order chi connectivity index (χ0) is 17.1. The molecule has 5 heterocycles. The second-order valence-electron chi connectivity index (χ2n) is 8.05. The molecule has 132 valence electrons. The Morgan fingerprint density at radius 2 is 1.73 bits per heavy atom. The molecule has 2 fully saturated rings. The number of hydrogen-bond acceptors (Lipinski definition) is 2. The second kappa shape index (κ2) is 5.52. The molecule has 4 nitrogen and oxygen atoms in total. The summed E-state index contributed by atoms with van der Waals surface area (Å²) in [6, 6.07) is 7.67. The number of H-pyrrole nitrogens is 2. The highest BCUT2D eigenvalue weighted by molar-refractivity contribution is 5.58. The maximum Gasteiger partial charge on any atom is 0.0425 e. The van der Waals surface area contributed by atoms with Gasteiger partial charge in [0.15, 0.2) is 0 Å². The van der Waals surface area contributed by atoms with Crippen LogP contribution in [0.3, 0.4) is 0 Å². The monoisotopic (exact) mass is 344 g/mol. The molecule has 8 bridgehead atoms. The van der Waals surface area contributed by atoms with Crippen molar-refractivity contribution in [2.24, 2.45) is 0 Å². The van der Waals surface area contributed by atoms with Crippen molar-refractivity contribution in [1.82, 2.24) is 20.6 Å². The Kier molecular flexibility index (Phi) is 3.12. The van der Waals surface area contributed by atoms with Crippen LogP contribution in [-0.2, 0) is 6.42 Å². The van der Waals surface area contributed by atoms with Gasteiger partial charge in [0.05, 0.1) is 0 Å². The summed E-state index contributed by atoms with van der Waals surface area (Å²) in [7, 11) is 0. The van der Waals surface area contributed by atoms with Gasteiger partial charge in [-0.2, -0.15) is 0 Å². The molecular weight excluding hydrogens is 320 g/mol. The molecule has 2 aromatic rings. The van der Waals surface area contributed by atoms with Gasteiger partial charge >= 0.3 is 0 Å². The Morgan fingerprint density at radius 1 is 0.846 bits per heavy atom. The van der Waals surface area contributed by atoms with Crippen LogP contribution < -0.4 is 21.3 Å².